The molecule has 1 amide bonds. The second-order valence-corrected chi connectivity index (χ2v) is 5.85. The van der Waals surface area contributed by atoms with Crippen molar-refractivity contribution >= 4 is 11.6 Å². The molecule has 1 aromatic carbocycles. The predicted molar refractivity (Wildman–Crippen MR) is 77.2 cm³/mol. The number of benzene rings is 1. The smallest absolute Gasteiger partial charge is 0.230 e. The van der Waals surface area contributed by atoms with Gasteiger partial charge in [0.05, 0.1) is 0 Å². The predicted octanol–water partition coefficient (Wildman–Crippen LogP) is 2.52. The maximum Gasteiger partial charge on any atom is 0.230 e. The highest BCUT2D eigenvalue weighted by molar-refractivity contribution is 5.97. The van der Waals surface area contributed by atoms with Gasteiger partial charge in [-0.3, -0.25) is 4.79 Å². The van der Waals surface area contributed by atoms with E-state index in [4.69, 9.17) is 0 Å². The second-order valence-electron chi connectivity index (χ2n) is 5.85. The minimum absolute atomic E-state index is 0.292. The molecular formula is C16H22N2O. The van der Waals surface area contributed by atoms with Crippen LogP contribution in [0.15, 0.2) is 30.3 Å². The first-order valence-electron chi connectivity index (χ1n) is 7.32. The average molecular weight is 258 g/mol. The first kappa shape index (κ1) is 12.7. The lowest BCUT2D eigenvalue weighted by Gasteiger charge is -2.37. The summed E-state index contributed by atoms with van der Waals surface area (Å²) < 4.78 is 0. The number of nitrogens with zero attached hydrogens (tertiary/aromatic N) is 2. The molecule has 102 valence electrons. The average Bonchev–Trinajstić information content (AvgIpc) is 3.27. The Balaban J connectivity index is 1.82. The van der Waals surface area contributed by atoms with Gasteiger partial charge in [0, 0.05) is 17.6 Å². The fraction of sp³-hybridized carbons (Fsp3) is 0.562. The standard InChI is InChI=1S/C16H22N2O/c1-17-11-9-15(10-12-17)18(16(19)13-7-8-13)14-5-3-2-4-6-14/h2-6,13,15H,7-12H2,1H3. The first-order valence-corrected chi connectivity index (χ1v) is 7.32. The van der Waals surface area contributed by atoms with Crippen LogP contribution in [-0.2, 0) is 4.79 Å². The second kappa shape index (κ2) is 5.33. The van der Waals surface area contributed by atoms with Gasteiger partial charge in [0.25, 0.3) is 0 Å². The molecule has 1 saturated carbocycles. The molecule has 19 heavy (non-hydrogen) atoms. The Bertz CT molecular complexity index is 433. The molecular weight excluding hydrogens is 236 g/mol. The summed E-state index contributed by atoms with van der Waals surface area (Å²) in [5.41, 5.74) is 1.08. The van der Waals surface area contributed by atoms with Crippen LogP contribution in [0.5, 0.6) is 0 Å². The van der Waals surface area contributed by atoms with Crippen LogP contribution in [0.1, 0.15) is 25.7 Å². The fourth-order valence-corrected chi connectivity index (χ4v) is 2.89. The van der Waals surface area contributed by atoms with Gasteiger partial charge in [-0.25, -0.2) is 0 Å². The summed E-state index contributed by atoms with van der Waals surface area (Å²) in [5.74, 6) is 0.639. The van der Waals surface area contributed by atoms with E-state index in [2.05, 4.69) is 29.0 Å². The molecule has 2 aliphatic rings. The van der Waals surface area contributed by atoms with Gasteiger partial charge in [0.1, 0.15) is 0 Å². The third-order valence-electron chi connectivity index (χ3n) is 4.25. The fourth-order valence-electron chi connectivity index (χ4n) is 2.89. The van der Waals surface area contributed by atoms with Crippen molar-refractivity contribution in [2.24, 2.45) is 5.92 Å². The van der Waals surface area contributed by atoms with E-state index in [-0.39, 0.29) is 0 Å². The third-order valence-corrected chi connectivity index (χ3v) is 4.25. The highest BCUT2D eigenvalue weighted by Gasteiger charge is 2.37. The van der Waals surface area contributed by atoms with Gasteiger partial charge in [-0.2, -0.15) is 0 Å². The van der Waals surface area contributed by atoms with Gasteiger partial charge in [-0.15, -0.1) is 0 Å². The molecule has 0 unspecified atom stereocenters. The molecule has 0 bridgehead atoms. The summed E-state index contributed by atoms with van der Waals surface area (Å²) in [6.45, 7) is 2.18. The minimum atomic E-state index is 0.292. The summed E-state index contributed by atoms with van der Waals surface area (Å²) in [5, 5.41) is 0. The van der Waals surface area contributed by atoms with E-state index in [9.17, 15) is 4.79 Å². The van der Waals surface area contributed by atoms with Crippen LogP contribution in [0.3, 0.4) is 0 Å². The van der Waals surface area contributed by atoms with Gasteiger partial charge < -0.3 is 9.80 Å². The van der Waals surface area contributed by atoms with Crippen molar-refractivity contribution in [2.45, 2.75) is 31.7 Å². The zero-order valence-electron chi connectivity index (χ0n) is 11.6. The summed E-state index contributed by atoms with van der Waals surface area (Å²) in [6, 6.07) is 10.6. The lowest BCUT2D eigenvalue weighted by Crippen LogP contribution is -2.47. The summed E-state index contributed by atoms with van der Waals surface area (Å²) in [6.07, 6.45) is 4.33. The third kappa shape index (κ3) is 2.81. The van der Waals surface area contributed by atoms with Crippen LogP contribution >= 0.6 is 0 Å². The van der Waals surface area contributed by atoms with E-state index >= 15 is 0 Å². The molecule has 0 radical (unpaired) electrons. The Morgan fingerprint density at radius 1 is 1.11 bits per heavy atom. The normalized spacial score (nSPS) is 21.3. The number of likely N-dealkylation sites (tertiary alicyclic amines) is 1. The van der Waals surface area contributed by atoms with Crippen molar-refractivity contribution in [3.8, 4) is 0 Å². The molecule has 1 aromatic rings. The first-order chi connectivity index (χ1) is 9.25. The molecule has 0 N–H and O–H groups in total. The number of hydrogen-bond acceptors (Lipinski definition) is 2. The number of amides is 1. The monoisotopic (exact) mass is 258 g/mol. The lowest BCUT2D eigenvalue weighted by atomic mass is 10.0. The number of piperidine rings is 1. The van der Waals surface area contributed by atoms with E-state index < -0.39 is 0 Å². The maximum absolute atomic E-state index is 12.6. The van der Waals surface area contributed by atoms with Crippen LogP contribution in [0.25, 0.3) is 0 Å². The van der Waals surface area contributed by atoms with Gasteiger partial charge in [-0.1, -0.05) is 18.2 Å². The number of carbonyl (C=O) groups excluding carboxylic acids is 1. The van der Waals surface area contributed by atoms with E-state index in [1.807, 2.05) is 18.2 Å². The molecule has 1 heterocycles. The molecule has 3 rings (SSSR count). The van der Waals surface area contributed by atoms with E-state index in [0.29, 0.717) is 17.9 Å². The van der Waals surface area contributed by atoms with E-state index in [0.717, 1.165) is 44.5 Å². The molecule has 1 saturated heterocycles. The molecule has 0 spiro atoms. The number of carbonyl (C=O) groups is 1. The highest BCUT2D eigenvalue weighted by Crippen LogP contribution is 2.35. The highest BCUT2D eigenvalue weighted by atomic mass is 16.2. The molecule has 3 heteroatoms. The summed E-state index contributed by atoms with van der Waals surface area (Å²) in [4.78, 5) is 17.0. The van der Waals surface area contributed by atoms with Crippen molar-refractivity contribution in [1.29, 1.82) is 0 Å². The van der Waals surface area contributed by atoms with Crippen molar-refractivity contribution in [3.05, 3.63) is 30.3 Å². The lowest BCUT2D eigenvalue weighted by molar-refractivity contribution is -0.120. The van der Waals surface area contributed by atoms with Gasteiger partial charge in [0.15, 0.2) is 0 Å². The number of para-hydroxylation sites is 1. The van der Waals surface area contributed by atoms with Crippen molar-refractivity contribution in [3.63, 3.8) is 0 Å². The molecule has 1 aliphatic carbocycles. The zero-order valence-corrected chi connectivity index (χ0v) is 11.6. The number of anilines is 1. The molecule has 0 aromatic heterocycles. The van der Waals surface area contributed by atoms with Crippen LogP contribution in [0.2, 0.25) is 0 Å². The zero-order chi connectivity index (χ0) is 13.2. The molecule has 0 atom stereocenters. The summed E-state index contributed by atoms with van der Waals surface area (Å²) in [7, 11) is 2.16. The Morgan fingerprint density at radius 2 is 1.74 bits per heavy atom. The quantitative estimate of drug-likeness (QED) is 0.831. The molecule has 3 nitrogen and oxygen atoms in total. The minimum Gasteiger partial charge on any atom is -0.309 e. The number of hydrogen-bond donors (Lipinski definition) is 0. The van der Waals surface area contributed by atoms with Gasteiger partial charge >= 0.3 is 0 Å². The van der Waals surface area contributed by atoms with Gasteiger partial charge in [-0.05, 0) is 58.0 Å². The topological polar surface area (TPSA) is 23.6 Å². The molecule has 1 aliphatic heterocycles. The Hall–Kier alpha value is -1.35. The number of rotatable bonds is 3. The Labute approximate surface area is 115 Å². The SMILES string of the molecule is CN1CCC(N(C(=O)C2CC2)c2ccccc2)CC1. The van der Waals surface area contributed by atoms with E-state index in [1.54, 1.807) is 0 Å². The van der Waals surface area contributed by atoms with Crippen LogP contribution in [0.4, 0.5) is 5.69 Å². The maximum atomic E-state index is 12.6. The van der Waals surface area contributed by atoms with Gasteiger partial charge in [0.2, 0.25) is 5.91 Å². The Morgan fingerprint density at radius 3 is 2.32 bits per heavy atom. The van der Waals surface area contributed by atoms with Crippen molar-refractivity contribution in [2.75, 3.05) is 25.0 Å². The van der Waals surface area contributed by atoms with Crippen molar-refractivity contribution < 1.29 is 4.79 Å². The van der Waals surface area contributed by atoms with E-state index in [1.165, 1.54) is 0 Å². The van der Waals surface area contributed by atoms with Crippen LogP contribution in [-0.4, -0.2) is 37.0 Å². The van der Waals surface area contributed by atoms with Crippen LogP contribution in [0, 0.1) is 5.92 Å². The van der Waals surface area contributed by atoms with Crippen molar-refractivity contribution in [1.82, 2.24) is 4.90 Å². The van der Waals surface area contributed by atoms with Crippen LogP contribution < -0.4 is 4.90 Å². The molecule has 2 fully saturated rings. The Kier molecular flexibility index (Phi) is 3.56. The largest absolute Gasteiger partial charge is 0.309 e. The summed E-state index contributed by atoms with van der Waals surface area (Å²) >= 11 is 0.